The van der Waals surface area contributed by atoms with Crippen LogP contribution in [0.4, 0.5) is 0 Å². The second-order valence-corrected chi connectivity index (χ2v) is 1.99. The lowest BCUT2D eigenvalue weighted by atomic mass is 10.8. The minimum Gasteiger partial charge on any atom is -0.483 e. The molecule has 1 rings (SSSR count). The van der Waals surface area contributed by atoms with Crippen LogP contribution in [0.25, 0.3) is 0 Å². The third-order valence-corrected chi connectivity index (χ3v) is 1.28. The van der Waals surface area contributed by atoms with Gasteiger partial charge >= 0.3 is 0 Å². The maximum absolute atomic E-state index is 5.07. The fourth-order valence-corrected chi connectivity index (χ4v) is 0.863. The number of thiazole rings is 1. The van der Waals surface area contributed by atoms with Gasteiger partial charge in [-0.25, -0.2) is 4.98 Å². The van der Waals surface area contributed by atoms with Crippen LogP contribution in [0.15, 0.2) is 6.20 Å². The van der Waals surface area contributed by atoms with Gasteiger partial charge in [-0.05, 0) is 6.92 Å². The first-order chi connectivity index (χ1) is 3.93. The van der Waals surface area contributed by atoms with Gasteiger partial charge < -0.3 is 4.74 Å². The Labute approximate surface area is 52.1 Å². The van der Waals surface area contributed by atoms with Crippen molar-refractivity contribution in [1.29, 1.82) is 0 Å². The molecule has 0 N–H and O–H groups in total. The van der Waals surface area contributed by atoms with Crippen molar-refractivity contribution in [2.75, 3.05) is 6.61 Å². The molecule has 0 aliphatic rings. The average molecular weight is 128 g/mol. The Hall–Kier alpha value is -0.570. The summed E-state index contributed by atoms with van der Waals surface area (Å²) in [6.45, 7) is 2.65. The highest BCUT2D eigenvalue weighted by atomic mass is 32.1. The second kappa shape index (κ2) is 2.67. The van der Waals surface area contributed by atoms with Crippen LogP contribution in [0.3, 0.4) is 0 Å². The van der Waals surface area contributed by atoms with Gasteiger partial charge in [-0.15, -0.1) is 0 Å². The average Bonchev–Trinajstić information content (AvgIpc) is 2.19. The summed E-state index contributed by atoms with van der Waals surface area (Å²) in [5.41, 5.74) is 2.68. The van der Waals surface area contributed by atoms with Crippen LogP contribution in [0.2, 0.25) is 0 Å². The zero-order chi connectivity index (χ0) is 5.82. The van der Waals surface area contributed by atoms with E-state index in [9.17, 15) is 0 Å². The van der Waals surface area contributed by atoms with Gasteiger partial charge in [0.05, 0.1) is 12.8 Å². The molecule has 0 saturated heterocycles. The van der Waals surface area contributed by atoms with Crippen molar-refractivity contribution in [3.63, 3.8) is 0 Å². The largest absolute Gasteiger partial charge is 0.483 e. The maximum atomic E-state index is 5.07. The highest BCUT2D eigenvalue weighted by Gasteiger charge is 1.88. The van der Waals surface area contributed by atoms with Crippen LogP contribution in [0, 0.1) is 5.51 Å². The van der Waals surface area contributed by atoms with E-state index < -0.39 is 0 Å². The molecular formula is C5H6NOS. The highest BCUT2D eigenvalue weighted by Crippen LogP contribution is 2.13. The van der Waals surface area contributed by atoms with Crippen molar-refractivity contribution in [3.8, 4) is 5.06 Å². The molecule has 1 heterocycles. The normalized spacial score (nSPS) is 9.12. The zero-order valence-electron chi connectivity index (χ0n) is 4.55. The molecule has 0 aliphatic heterocycles. The van der Waals surface area contributed by atoms with Crippen molar-refractivity contribution in [3.05, 3.63) is 11.7 Å². The van der Waals surface area contributed by atoms with Crippen molar-refractivity contribution >= 4 is 11.3 Å². The standard InChI is InChI=1S/C5H6NOS/c1-2-7-5-3-6-4-8-5/h3H,2H2,1H3. The summed E-state index contributed by atoms with van der Waals surface area (Å²) in [6.07, 6.45) is 1.66. The van der Waals surface area contributed by atoms with Gasteiger partial charge in [-0.1, -0.05) is 11.3 Å². The highest BCUT2D eigenvalue weighted by molar-refractivity contribution is 7.11. The third-order valence-electron chi connectivity index (χ3n) is 0.655. The molecule has 0 saturated carbocycles. The molecule has 1 aromatic heterocycles. The lowest BCUT2D eigenvalue weighted by molar-refractivity contribution is 0.349. The smallest absolute Gasteiger partial charge is 0.194 e. The molecule has 0 spiro atoms. The van der Waals surface area contributed by atoms with Crippen LogP contribution in [-0.4, -0.2) is 11.6 Å². The first-order valence-electron chi connectivity index (χ1n) is 2.38. The topological polar surface area (TPSA) is 22.1 Å². The fraction of sp³-hybridized carbons (Fsp3) is 0.400. The summed E-state index contributed by atoms with van der Waals surface area (Å²) in [6, 6.07) is 0. The summed E-state index contributed by atoms with van der Waals surface area (Å²) in [4.78, 5) is 3.71. The van der Waals surface area contributed by atoms with Gasteiger partial charge in [0.2, 0.25) is 0 Å². The number of aromatic nitrogens is 1. The number of ether oxygens (including phenoxy) is 1. The molecule has 0 atom stereocenters. The summed E-state index contributed by atoms with van der Waals surface area (Å²) >= 11 is 1.39. The molecule has 3 heteroatoms. The van der Waals surface area contributed by atoms with Gasteiger partial charge in [0.15, 0.2) is 10.6 Å². The van der Waals surface area contributed by atoms with Crippen molar-refractivity contribution in [1.82, 2.24) is 4.98 Å². The number of hydrogen-bond donors (Lipinski definition) is 0. The van der Waals surface area contributed by atoms with Gasteiger partial charge in [0, 0.05) is 0 Å². The van der Waals surface area contributed by atoms with E-state index in [0.717, 1.165) is 5.06 Å². The van der Waals surface area contributed by atoms with Crippen LogP contribution in [-0.2, 0) is 0 Å². The van der Waals surface area contributed by atoms with Gasteiger partial charge in [0.1, 0.15) is 0 Å². The van der Waals surface area contributed by atoms with E-state index in [1.807, 2.05) is 6.92 Å². The Morgan fingerprint density at radius 1 is 2.00 bits per heavy atom. The van der Waals surface area contributed by atoms with E-state index in [2.05, 4.69) is 10.5 Å². The van der Waals surface area contributed by atoms with E-state index in [0.29, 0.717) is 6.61 Å². The summed E-state index contributed by atoms with van der Waals surface area (Å²) in [5.74, 6) is 0. The number of rotatable bonds is 2. The predicted molar refractivity (Wildman–Crippen MR) is 32.1 cm³/mol. The Kier molecular flexibility index (Phi) is 1.86. The Morgan fingerprint density at radius 3 is 3.38 bits per heavy atom. The second-order valence-electron chi connectivity index (χ2n) is 1.20. The molecule has 0 fully saturated rings. The zero-order valence-corrected chi connectivity index (χ0v) is 5.36. The quantitative estimate of drug-likeness (QED) is 0.599. The fourth-order valence-electron chi connectivity index (χ4n) is 0.386. The molecule has 8 heavy (non-hydrogen) atoms. The minimum absolute atomic E-state index is 0.704. The van der Waals surface area contributed by atoms with Crippen LogP contribution < -0.4 is 4.74 Å². The molecular weight excluding hydrogens is 122 g/mol. The van der Waals surface area contributed by atoms with Crippen LogP contribution >= 0.6 is 11.3 Å². The summed E-state index contributed by atoms with van der Waals surface area (Å²) in [7, 11) is 0. The van der Waals surface area contributed by atoms with E-state index in [1.54, 1.807) is 6.20 Å². The van der Waals surface area contributed by atoms with Crippen LogP contribution in [0.5, 0.6) is 5.06 Å². The number of hydrogen-bond acceptors (Lipinski definition) is 3. The maximum Gasteiger partial charge on any atom is 0.194 e. The van der Waals surface area contributed by atoms with E-state index in [-0.39, 0.29) is 0 Å². The van der Waals surface area contributed by atoms with Crippen molar-refractivity contribution in [2.24, 2.45) is 0 Å². The van der Waals surface area contributed by atoms with E-state index >= 15 is 0 Å². The van der Waals surface area contributed by atoms with Gasteiger partial charge in [0.25, 0.3) is 0 Å². The van der Waals surface area contributed by atoms with Gasteiger partial charge in [-0.3, -0.25) is 0 Å². The summed E-state index contributed by atoms with van der Waals surface area (Å²) < 4.78 is 5.07. The molecule has 0 amide bonds. The summed E-state index contributed by atoms with van der Waals surface area (Å²) in [5, 5.41) is 0.840. The molecule has 0 bridgehead atoms. The van der Waals surface area contributed by atoms with Crippen molar-refractivity contribution in [2.45, 2.75) is 6.92 Å². The SMILES string of the molecule is CCOc1cn[c]s1. The monoisotopic (exact) mass is 128 g/mol. The minimum atomic E-state index is 0.704. The Balaban J connectivity index is 2.50. The lowest BCUT2D eigenvalue weighted by Gasteiger charge is -1.92. The molecule has 0 aliphatic carbocycles. The van der Waals surface area contributed by atoms with Crippen LogP contribution in [0.1, 0.15) is 6.92 Å². The lowest BCUT2D eigenvalue weighted by Crippen LogP contribution is -1.86. The van der Waals surface area contributed by atoms with E-state index in [4.69, 9.17) is 4.74 Å². The predicted octanol–water partition coefficient (Wildman–Crippen LogP) is 1.34. The molecule has 43 valence electrons. The molecule has 2 nitrogen and oxygen atoms in total. The van der Waals surface area contributed by atoms with Crippen molar-refractivity contribution < 1.29 is 4.74 Å². The van der Waals surface area contributed by atoms with Gasteiger partial charge in [-0.2, -0.15) is 0 Å². The Bertz CT molecular complexity index is 138. The molecule has 1 radical (unpaired) electrons. The Morgan fingerprint density at radius 2 is 2.88 bits per heavy atom. The van der Waals surface area contributed by atoms with E-state index in [1.165, 1.54) is 11.3 Å². The molecule has 0 aromatic carbocycles. The third kappa shape index (κ3) is 1.20. The first kappa shape index (κ1) is 5.56. The molecule has 1 aromatic rings. The molecule has 0 unspecified atom stereocenters. The number of nitrogens with zero attached hydrogens (tertiary/aromatic N) is 1. The first-order valence-corrected chi connectivity index (χ1v) is 3.20.